The smallest absolute Gasteiger partial charge is 0.203 e. The Morgan fingerprint density at radius 3 is 2.67 bits per heavy atom. The summed E-state index contributed by atoms with van der Waals surface area (Å²) in [6, 6.07) is 0.633. The topological polar surface area (TPSA) is 29.9 Å². The molecule has 1 heterocycles. The van der Waals surface area contributed by atoms with Gasteiger partial charge in [0.05, 0.1) is 5.69 Å². The molecule has 0 aromatic carbocycles. The molecule has 1 aromatic rings. The van der Waals surface area contributed by atoms with Gasteiger partial charge in [-0.2, -0.15) is 0 Å². The van der Waals surface area contributed by atoms with Gasteiger partial charge in [-0.1, -0.05) is 52.9 Å². The van der Waals surface area contributed by atoms with E-state index in [1.165, 1.54) is 51.4 Å². The number of anilines is 1. The lowest BCUT2D eigenvalue weighted by Crippen LogP contribution is -2.23. The Bertz CT molecular complexity index is 428. The molecule has 0 aliphatic heterocycles. The van der Waals surface area contributed by atoms with Crippen molar-refractivity contribution in [1.29, 1.82) is 0 Å². The van der Waals surface area contributed by atoms with Crippen LogP contribution in [0.3, 0.4) is 0 Å². The van der Waals surface area contributed by atoms with Crippen molar-refractivity contribution in [2.75, 3.05) is 5.32 Å². The van der Waals surface area contributed by atoms with Crippen molar-refractivity contribution in [1.82, 2.24) is 9.55 Å². The van der Waals surface area contributed by atoms with E-state index in [0.29, 0.717) is 11.5 Å². The van der Waals surface area contributed by atoms with Crippen molar-refractivity contribution >= 4 is 5.95 Å². The molecule has 0 amide bonds. The molecule has 3 heteroatoms. The van der Waals surface area contributed by atoms with Gasteiger partial charge >= 0.3 is 0 Å². The average Bonchev–Trinajstić information content (AvgIpc) is 3.00. The molecule has 0 spiro atoms. The predicted octanol–water partition coefficient (Wildman–Crippen LogP) is 5.15. The molecule has 1 aliphatic carbocycles. The molecule has 1 saturated carbocycles. The zero-order valence-corrected chi connectivity index (χ0v) is 14.4. The second kappa shape index (κ2) is 7.33. The van der Waals surface area contributed by atoms with Crippen molar-refractivity contribution in [2.24, 2.45) is 5.41 Å². The van der Waals surface area contributed by atoms with Crippen LogP contribution in [0.4, 0.5) is 5.95 Å². The van der Waals surface area contributed by atoms with Gasteiger partial charge in [-0.3, -0.25) is 0 Å². The predicted molar refractivity (Wildman–Crippen MR) is 90.8 cm³/mol. The highest BCUT2D eigenvalue weighted by molar-refractivity contribution is 5.30. The molecule has 120 valence electrons. The molecule has 21 heavy (non-hydrogen) atoms. The number of imidazole rings is 1. The van der Waals surface area contributed by atoms with E-state index in [1.54, 1.807) is 0 Å². The van der Waals surface area contributed by atoms with Gasteiger partial charge < -0.3 is 9.88 Å². The van der Waals surface area contributed by atoms with Crippen molar-refractivity contribution in [3.63, 3.8) is 0 Å². The number of hydrogen-bond acceptors (Lipinski definition) is 2. The first-order chi connectivity index (χ1) is 10.00. The normalized spacial score (nSPS) is 16.6. The maximum atomic E-state index is 4.71. The molecular weight excluding hydrogens is 258 g/mol. The van der Waals surface area contributed by atoms with Crippen LogP contribution in [0.25, 0.3) is 0 Å². The van der Waals surface area contributed by atoms with Crippen LogP contribution in [0.2, 0.25) is 0 Å². The maximum absolute atomic E-state index is 4.71. The Hall–Kier alpha value is -0.990. The highest BCUT2D eigenvalue weighted by Gasteiger charge is 2.22. The van der Waals surface area contributed by atoms with Crippen LogP contribution in [0.1, 0.15) is 77.8 Å². The monoisotopic (exact) mass is 291 g/mol. The first kappa shape index (κ1) is 16.4. The maximum Gasteiger partial charge on any atom is 0.203 e. The van der Waals surface area contributed by atoms with Gasteiger partial charge in [0.25, 0.3) is 0 Å². The molecule has 2 rings (SSSR count). The molecule has 1 aromatic heterocycles. The lowest BCUT2D eigenvalue weighted by molar-refractivity contribution is 0.272. The van der Waals surface area contributed by atoms with Crippen molar-refractivity contribution in [3.8, 4) is 0 Å². The fourth-order valence-corrected chi connectivity index (χ4v) is 3.43. The average molecular weight is 291 g/mol. The molecule has 0 radical (unpaired) electrons. The first-order valence-electron chi connectivity index (χ1n) is 8.80. The standard InChI is InChI=1S/C18H33N3/c1-5-6-9-12-18(3,4)14-21-13-15(2)19-17(21)20-16-10-7-8-11-16/h13,16H,5-12,14H2,1-4H3,(H,19,20). The summed E-state index contributed by atoms with van der Waals surface area (Å²) in [6.45, 7) is 10.2. The molecule has 1 N–H and O–H groups in total. The zero-order chi connectivity index (χ0) is 15.3. The number of unbranched alkanes of at least 4 members (excludes halogenated alkanes) is 2. The van der Waals surface area contributed by atoms with Crippen LogP contribution in [0.15, 0.2) is 6.20 Å². The molecule has 1 fully saturated rings. The van der Waals surface area contributed by atoms with Gasteiger partial charge in [0.15, 0.2) is 0 Å². The van der Waals surface area contributed by atoms with Crippen LogP contribution in [0, 0.1) is 12.3 Å². The van der Waals surface area contributed by atoms with E-state index >= 15 is 0 Å². The second-order valence-electron chi connectivity index (χ2n) is 7.58. The van der Waals surface area contributed by atoms with Gasteiger partial charge in [0.2, 0.25) is 5.95 Å². The highest BCUT2D eigenvalue weighted by Crippen LogP contribution is 2.29. The molecule has 0 saturated heterocycles. The number of aromatic nitrogens is 2. The molecule has 3 nitrogen and oxygen atoms in total. The highest BCUT2D eigenvalue weighted by atomic mass is 15.2. The van der Waals surface area contributed by atoms with Crippen molar-refractivity contribution < 1.29 is 0 Å². The van der Waals surface area contributed by atoms with Gasteiger partial charge in [-0.15, -0.1) is 0 Å². The Balaban J connectivity index is 1.97. The van der Waals surface area contributed by atoms with E-state index in [4.69, 9.17) is 4.98 Å². The largest absolute Gasteiger partial charge is 0.353 e. The van der Waals surface area contributed by atoms with Crippen molar-refractivity contribution in [3.05, 3.63) is 11.9 Å². The first-order valence-corrected chi connectivity index (χ1v) is 8.80. The van der Waals surface area contributed by atoms with E-state index in [-0.39, 0.29) is 0 Å². The summed E-state index contributed by atoms with van der Waals surface area (Å²) in [6.07, 6.45) is 12.8. The SMILES string of the molecule is CCCCCC(C)(C)Cn1cc(C)nc1NC1CCCC1. The number of nitrogens with zero attached hydrogens (tertiary/aromatic N) is 2. The van der Waals surface area contributed by atoms with E-state index in [0.717, 1.165) is 18.2 Å². The quantitative estimate of drug-likeness (QED) is 0.671. The van der Waals surface area contributed by atoms with Crippen LogP contribution in [-0.4, -0.2) is 15.6 Å². The minimum absolute atomic E-state index is 0.342. The van der Waals surface area contributed by atoms with Crippen LogP contribution < -0.4 is 5.32 Å². The lowest BCUT2D eigenvalue weighted by Gasteiger charge is -2.26. The van der Waals surface area contributed by atoms with E-state index < -0.39 is 0 Å². The summed E-state index contributed by atoms with van der Waals surface area (Å²) in [5, 5.41) is 3.67. The molecule has 1 aliphatic rings. The van der Waals surface area contributed by atoms with E-state index in [1.807, 2.05) is 0 Å². The van der Waals surface area contributed by atoms with Gasteiger partial charge in [0.1, 0.15) is 0 Å². The Kier molecular flexibility index (Phi) is 5.72. The fourth-order valence-electron chi connectivity index (χ4n) is 3.43. The van der Waals surface area contributed by atoms with Crippen LogP contribution >= 0.6 is 0 Å². The molecule has 0 atom stereocenters. The third-order valence-electron chi connectivity index (χ3n) is 4.64. The van der Waals surface area contributed by atoms with Crippen molar-refractivity contribution in [2.45, 2.75) is 91.6 Å². The van der Waals surface area contributed by atoms with E-state index in [9.17, 15) is 0 Å². The Morgan fingerprint density at radius 2 is 2.00 bits per heavy atom. The van der Waals surface area contributed by atoms with Gasteiger partial charge in [-0.25, -0.2) is 4.98 Å². The Labute approximate surface area is 130 Å². The molecule has 0 bridgehead atoms. The number of rotatable bonds is 8. The van der Waals surface area contributed by atoms with Crippen LogP contribution in [-0.2, 0) is 6.54 Å². The summed E-state index contributed by atoms with van der Waals surface area (Å²) in [5.74, 6) is 1.09. The number of aryl methyl sites for hydroxylation is 1. The molecular formula is C18H33N3. The third kappa shape index (κ3) is 5.05. The van der Waals surface area contributed by atoms with Gasteiger partial charge in [-0.05, 0) is 31.6 Å². The summed E-state index contributed by atoms with van der Waals surface area (Å²) >= 11 is 0. The second-order valence-corrected chi connectivity index (χ2v) is 7.58. The lowest BCUT2D eigenvalue weighted by atomic mass is 9.87. The number of nitrogens with one attached hydrogen (secondary N) is 1. The summed E-state index contributed by atoms with van der Waals surface area (Å²) in [4.78, 5) is 4.71. The molecule has 0 unspecified atom stereocenters. The summed E-state index contributed by atoms with van der Waals surface area (Å²) < 4.78 is 2.35. The summed E-state index contributed by atoms with van der Waals surface area (Å²) in [5.41, 5.74) is 1.47. The minimum atomic E-state index is 0.342. The fraction of sp³-hybridized carbons (Fsp3) is 0.833. The van der Waals surface area contributed by atoms with Crippen LogP contribution in [0.5, 0.6) is 0 Å². The third-order valence-corrected chi connectivity index (χ3v) is 4.64. The van der Waals surface area contributed by atoms with E-state index in [2.05, 4.69) is 43.8 Å². The zero-order valence-electron chi connectivity index (χ0n) is 14.4. The summed E-state index contributed by atoms with van der Waals surface area (Å²) in [7, 11) is 0. The minimum Gasteiger partial charge on any atom is -0.353 e. The number of hydrogen-bond donors (Lipinski definition) is 1. The Morgan fingerprint density at radius 1 is 1.29 bits per heavy atom. The van der Waals surface area contributed by atoms with Gasteiger partial charge in [0, 0.05) is 18.8 Å².